The number of hydrogen-bond donors (Lipinski definition) is 0. The zero-order valence-corrected chi connectivity index (χ0v) is 13.0. The zero-order chi connectivity index (χ0) is 17.3. The molecule has 0 aromatic heterocycles. The van der Waals surface area contributed by atoms with Crippen molar-refractivity contribution >= 4 is 17.9 Å². The number of ether oxygens (including phenoxy) is 4. The number of epoxide rings is 1. The summed E-state index contributed by atoms with van der Waals surface area (Å²) in [6, 6.07) is 0. The first kappa shape index (κ1) is 19.6. The van der Waals surface area contributed by atoms with Crippen LogP contribution in [0.5, 0.6) is 0 Å². The maximum atomic E-state index is 10.8. The zero-order valence-electron chi connectivity index (χ0n) is 13.0. The van der Waals surface area contributed by atoms with Gasteiger partial charge in [-0.1, -0.05) is 13.2 Å². The van der Waals surface area contributed by atoms with E-state index >= 15 is 0 Å². The third-order valence-corrected chi connectivity index (χ3v) is 2.13. The Morgan fingerprint density at radius 2 is 1.55 bits per heavy atom. The van der Waals surface area contributed by atoms with Gasteiger partial charge in [-0.3, -0.25) is 0 Å². The molecule has 0 amide bonds. The van der Waals surface area contributed by atoms with Crippen LogP contribution in [0.15, 0.2) is 36.6 Å². The Labute approximate surface area is 129 Å². The lowest BCUT2D eigenvalue weighted by atomic mass is 10.4. The van der Waals surface area contributed by atoms with Gasteiger partial charge in [0.25, 0.3) is 0 Å². The van der Waals surface area contributed by atoms with Crippen LogP contribution >= 0.6 is 0 Å². The average Bonchev–Trinajstić information content (AvgIpc) is 3.28. The van der Waals surface area contributed by atoms with E-state index in [1.165, 1.54) is 14.0 Å². The Hall–Kier alpha value is -2.41. The first-order valence-electron chi connectivity index (χ1n) is 6.28. The molecule has 0 aromatic rings. The average molecular weight is 312 g/mol. The van der Waals surface area contributed by atoms with Crippen LogP contribution in [-0.2, 0) is 33.3 Å². The Bertz CT molecular complexity index is 486. The molecule has 1 aliphatic heterocycles. The molecule has 1 atom stereocenters. The van der Waals surface area contributed by atoms with Crippen LogP contribution in [-0.4, -0.2) is 44.3 Å². The number of hydrogen-bond acceptors (Lipinski definition) is 7. The molecular formula is C15H20O7. The van der Waals surface area contributed by atoms with Crippen molar-refractivity contribution in [2.45, 2.75) is 20.0 Å². The SMILES string of the molecule is C=C(C)C(=O)OC(=C)C(=O)OC.C=C(C)C(=O)OCC1CO1. The number of esters is 3. The topological polar surface area (TPSA) is 91.4 Å². The minimum atomic E-state index is -0.774. The summed E-state index contributed by atoms with van der Waals surface area (Å²) in [5, 5.41) is 0. The molecule has 1 heterocycles. The Morgan fingerprint density at radius 3 is 1.91 bits per heavy atom. The highest BCUT2D eigenvalue weighted by atomic mass is 16.6. The highest BCUT2D eigenvalue weighted by molar-refractivity contribution is 5.93. The van der Waals surface area contributed by atoms with Gasteiger partial charge in [0, 0.05) is 11.1 Å². The smallest absolute Gasteiger partial charge is 0.373 e. The maximum Gasteiger partial charge on any atom is 0.373 e. The van der Waals surface area contributed by atoms with E-state index in [0.717, 1.165) is 0 Å². The van der Waals surface area contributed by atoms with E-state index in [0.29, 0.717) is 18.8 Å². The van der Waals surface area contributed by atoms with Crippen molar-refractivity contribution in [1.82, 2.24) is 0 Å². The van der Waals surface area contributed by atoms with E-state index in [9.17, 15) is 14.4 Å². The summed E-state index contributed by atoms with van der Waals surface area (Å²) in [7, 11) is 1.17. The first-order valence-corrected chi connectivity index (χ1v) is 6.28. The van der Waals surface area contributed by atoms with Gasteiger partial charge >= 0.3 is 17.9 Å². The van der Waals surface area contributed by atoms with Crippen LogP contribution in [0.3, 0.4) is 0 Å². The second kappa shape index (κ2) is 9.51. The van der Waals surface area contributed by atoms with Gasteiger partial charge in [-0.2, -0.15) is 0 Å². The van der Waals surface area contributed by atoms with Gasteiger partial charge < -0.3 is 18.9 Å². The molecule has 7 heteroatoms. The van der Waals surface area contributed by atoms with Gasteiger partial charge in [0.1, 0.15) is 12.7 Å². The Morgan fingerprint density at radius 1 is 1.05 bits per heavy atom. The second-order valence-corrected chi connectivity index (χ2v) is 4.42. The molecule has 0 spiro atoms. The summed E-state index contributed by atoms with van der Waals surface area (Å²) < 4.78 is 18.3. The third kappa shape index (κ3) is 8.70. The molecule has 0 N–H and O–H groups in total. The molecule has 0 radical (unpaired) electrons. The van der Waals surface area contributed by atoms with Crippen LogP contribution in [0.25, 0.3) is 0 Å². The van der Waals surface area contributed by atoms with E-state index in [1.54, 1.807) is 6.92 Å². The molecule has 1 fully saturated rings. The summed E-state index contributed by atoms with van der Waals surface area (Å²) in [6.07, 6.45) is 0.142. The van der Waals surface area contributed by atoms with Gasteiger partial charge in [0.2, 0.25) is 5.76 Å². The second-order valence-electron chi connectivity index (χ2n) is 4.42. The molecule has 0 bridgehead atoms. The molecule has 22 heavy (non-hydrogen) atoms. The van der Waals surface area contributed by atoms with Gasteiger partial charge in [0.15, 0.2) is 0 Å². The lowest BCUT2D eigenvalue weighted by Crippen LogP contribution is -2.12. The molecule has 122 valence electrons. The van der Waals surface area contributed by atoms with E-state index in [2.05, 4.69) is 29.2 Å². The van der Waals surface area contributed by atoms with Crippen molar-refractivity contribution in [2.24, 2.45) is 0 Å². The van der Waals surface area contributed by atoms with Crippen LogP contribution < -0.4 is 0 Å². The molecule has 0 aromatic carbocycles. The summed E-state index contributed by atoms with van der Waals surface area (Å²) >= 11 is 0. The van der Waals surface area contributed by atoms with Crippen LogP contribution in [0, 0.1) is 0 Å². The summed E-state index contributed by atoms with van der Waals surface area (Å²) in [4.78, 5) is 32.1. The summed E-state index contributed by atoms with van der Waals surface area (Å²) in [5.41, 5.74) is 0.626. The predicted molar refractivity (Wildman–Crippen MR) is 77.6 cm³/mol. The summed E-state index contributed by atoms with van der Waals surface area (Å²) in [6.45, 7) is 14.1. The molecule has 0 saturated carbocycles. The third-order valence-electron chi connectivity index (χ3n) is 2.13. The molecule has 1 rings (SSSR count). The van der Waals surface area contributed by atoms with E-state index in [1.807, 2.05) is 0 Å². The highest BCUT2D eigenvalue weighted by Crippen LogP contribution is 2.09. The number of methoxy groups -OCH3 is 1. The van der Waals surface area contributed by atoms with Crippen molar-refractivity contribution in [3.63, 3.8) is 0 Å². The summed E-state index contributed by atoms with van der Waals surface area (Å²) in [5.74, 6) is -2.14. The predicted octanol–water partition coefficient (Wildman–Crippen LogP) is 1.30. The van der Waals surface area contributed by atoms with E-state index in [-0.39, 0.29) is 23.4 Å². The molecular weight excluding hydrogens is 292 g/mol. The molecule has 0 aliphatic carbocycles. The minimum Gasteiger partial charge on any atom is -0.463 e. The quantitative estimate of drug-likeness (QED) is 0.240. The molecule has 1 aliphatic rings. The van der Waals surface area contributed by atoms with Crippen molar-refractivity contribution < 1.29 is 33.3 Å². The van der Waals surface area contributed by atoms with E-state index in [4.69, 9.17) is 9.47 Å². The Balaban J connectivity index is 0.000000406. The van der Waals surface area contributed by atoms with Crippen molar-refractivity contribution in [2.75, 3.05) is 20.3 Å². The van der Waals surface area contributed by atoms with Crippen LogP contribution in [0.4, 0.5) is 0 Å². The van der Waals surface area contributed by atoms with Gasteiger partial charge in [-0.15, -0.1) is 0 Å². The minimum absolute atomic E-state index is 0.142. The van der Waals surface area contributed by atoms with Crippen LogP contribution in [0.1, 0.15) is 13.8 Å². The number of rotatable bonds is 6. The fraction of sp³-hybridized carbons (Fsp3) is 0.400. The van der Waals surface area contributed by atoms with Crippen molar-refractivity contribution in [1.29, 1.82) is 0 Å². The van der Waals surface area contributed by atoms with Gasteiger partial charge in [0.05, 0.1) is 13.7 Å². The van der Waals surface area contributed by atoms with Gasteiger partial charge in [-0.05, 0) is 20.4 Å². The largest absolute Gasteiger partial charge is 0.463 e. The monoisotopic (exact) mass is 312 g/mol. The lowest BCUT2D eigenvalue weighted by molar-refractivity contribution is -0.147. The molecule has 1 saturated heterocycles. The first-order chi connectivity index (χ1) is 10.2. The standard InChI is InChI=1S/C8H10O4.C7H10O3/c1-5(2)7(9)12-6(3)8(10)11-4;1-5(2)7(8)10-4-6-3-9-6/h1,3H2,2,4H3;6H,1,3-4H2,2H3. The fourth-order valence-corrected chi connectivity index (χ4v) is 0.811. The fourth-order valence-electron chi connectivity index (χ4n) is 0.811. The van der Waals surface area contributed by atoms with Gasteiger partial charge in [-0.25, -0.2) is 14.4 Å². The Kier molecular flexibility index (Phi) is 8.47. The lowest BCUT2D eigenvalue weighted by Gasteiger charge is -2.03. The molecule has 7 nitrogen and oxygen atoms in total. The van der Waals surface area contributed by atoms with E-state index < -0.39 is 11.9 Å². The maximum absolute atomic E-state index is 10.8. The van der Waals surface area contributed by atoms with Crippen LogP contribution in [0.2, 0.25) is 0 Å². The van der Waals surface area contributed by atoms with Crippen molar-refractivity contribution in [3.8, 4) is 0 Å². The van der Waals surface area contributed by atoms with Crippen molar-refractivity contribution in [3.05, 3.63) is 36.6 Å². The molecule has 1 unspecified atom stereocenters. The number of carbonyl (C=O) groups excluding carboxylic acids is 3. The highest BCUT2D eigenvalue weighted by Gasteiger charge is 2.24. The number of carbonyl (C=O) groups is 3. The normalized spacial score (nSPS) is 14.6.